The lowest BCUT2D eigenvalue weighted by molar-refractivity contribution is -0.348. The molecule has 0 bridgehead atoms. The van der Waals surface area contributed by atoms with Gasteiger partial charge in [0.15, 0.2) is 23.9 Å². The van der Waals surface area contributed by atoms with E-state index in [1.54, 1.807) is 0 Å². The first-order chi connectivity index (χ1) is 19.2. The second-order valence-corrected chi connectivity index (χ2v) is 9.75. The molecule has 4 aliphatic heterocycles. The van der Waals surface area contributed by atoms with Crippen LogP contribution in [0.1, 0.15) is 12.0 Å². The molecule has 0 spiro atoms. The maximum Gasteiger partial charge on any atom is 0.340 e. The Morgan fingerprint density at radius 3 is 2.70 bits per heavy atom. The summed E-state index contributed by atoms with van der Waals surface area (Å²) in [5.74, 6) is -2.41. The van der Waals surface area contributed by atoms with E-state index in [0.717, 1.165) is 12.3 Å². The third-order valence-corrected chi connectivity index (χ3v) is 7.28. The van der Waals surface area contributed by atoms with E-state index >= 15 is 0 Å². The van der Waals surface area contributed by atoms with E-state index in [4.69, 9.17) is 33.2 Å². The summed E-state index contributed by atoms with van der Waals surface area (Å²) in [6.07, 6.45) is -6.08. The van der Waals surface area contributed by atoms with Gasteiger partial charge in [0, 0.05) is 12.5 Å². The quantitative estimate of drug-likeness (QED) is 0.141. The molecule has 3 saturated heterocycles. The first-order valence-electron chi connectivity index (χ1n) is 12.6. The van der Waals surface area contributed by atoms with Crippen LogP contribution < -0.4 is 4.74 Å². The highest BCUT2D eigenvalue weighted by Crippen LogP contribution is 2.46. The van der Waals surface area contributed by atoms with Crippen molar-refractivity contribution in [2.45, 2.75) is 55.1 Å². The van der Waals surface area contributed by atoms with Crippen LogP contribution in [0.2, 0.25) is 0 Å². The average Bonchev–Trinajstić information content (AvgIpc) is 3.77. The summed E-state index contributed by atoms with van der Waals surface area (Å²) in [6, 6.07) is 4.39. The summed E-state index contributed by atoms with van der Waals surface area (Å²) in [5, 5.41) is 52.5. The molecule has 9 unspecified atom stereocenters. The number of esters is 2. The van der Waals surface area contributed by atoms with Crippen LogP contribution in [0.15, 0.2) is 36.1 Å². The maximum absolute atomic E-state index is 12.5. The Balaban J connectivity index is 1.26. The van der Waals surface area contributed by atoms with Gasteiger partial charge in [-0.3, -0.25) is 0 Å². The molecule has 218 valence electrons. The van der Waals surface area contributed by atoms with Gasteiger partial charge in [-0.2, -0.15) is 0 Å². The zero-order chi connectivity index (χ0) is 28.6. The van der Waals surface area contributed by atoms with Crippen LogP contribution in [0.5, 0.6) is 11.5 Å². The van der Waals surface area contributed by atoms with Crippen LogP contribution in [-0.2, 0) is 38.0 Å². The highest BCUT2D eigenvalue weighted by Gasteiger charge is 2.60. The molecule has 14 heteroatoms. The predicted octanol–water partition coefficient (Wildman–Crippen LogP) is -1.29. The number of epoxide rings is 1. The number of phenolic OH excluding ortho intramolecular Hbond substituents is 1. The van der Waals surface area contributed by atoms with Crippen LogP contribution in [0.25, 0.3) is 6.08 Å². The number of rotatable bonds is 8. The molecule has 0 radical (unpaired) electrons. The Labute approximate surface area is 227 Å². The summed E-state index contributed by atoms with van der Waals surface area (Å²) >= 11 is 0. The fourth-order valence-corrected chi connectivity index (χ4v) is 5.07. The van der Waals surface area contributed by atoms with Gasteiger partial charge in [-0.15, -0.1) is 0 Å². The van der Waals surface area contributed by atoms with Crippen LogP contribution >= 0.6 is 0 Å². The van der Waals surface area contributed by atoms with Gasteiger partial charge in [-0.25, -0.2) is 9.59 Å². The fraction of sp³-hybridized carbons (Fsp3) is 0.538. The Hall–Kier alpha value is -3.24. The molecular formula is C26H30O14. The van der Waals surface area contributed by atoms with Gasteiger partial charge in [-0.05, 0) is 23.8 Å². The molecule has 40 heavy (non-hydrogen) atoms. The fourth-order valence-electron chi connectivity index (χ4n) is 5.07. The van der Waals surface area contributed by atoms with Crippen molar-refractivity contribution in [3.63, 3.8) is 0 Å². The number of carbonyl (C=O) groups is 2. The van der Waals surface area contributed by atoms with E-state index < -0.39 is 73.2 Å². The number of methoxy groups -OCH3 is 1. The number of fused-ring (bicyclic) bond motifs is 1. The monoisotopic (exact) mass is 566 g/mol. The molecule has 9 atom stereocenters. The summed E-state index contributed by atoms with van der Waals surface area (Å²) in [5.41, 5.74) is -1.26. The van der Waals surface area contributed by atoms with Gasteiger partial charge in [0.25, 0.3) is 0 Å². The number of hydrogen-bond donors (Lipinski definition) is 5. The molecule has 1 aromatic carbocycles. The van der Waals surface area contributed by atoms with Crippen molar-refractivity contribution in [2.75, 3.05) is 26.9 Å². The number of phenols is 1. The lowest BCUT2D eigenvalue weighted by atomic mass is 9.74. The van der Waals surface area contributed by atoms with E-state index in [2.05, 4.69) is 0 Å². The molecular weight excluding hydrogens is 536 g/mol. The number of aliphatic hydroxyl groups is 4. The number of benzene rings is 1. The Kier molecular flexibility index (Phi) is 8.01. The van der Waals surface area contributed by atoms with E-state index in [0.29, 0.717) is 5.56 Å². The van der Waals surface area contributed by atoms with Crippen LogP contribution in [0.4, 0.5) is 0 Å². The lowest BCUT2D eigenvalue weighted by Crippen LogP contribution is -2.63. The van der Waals surface area contributed by atoms with Crippen molar-refractivity contribution in [2.24, 2.45) is 5.92 Å². The molecule has 5 rings (SSSR count). The van der Waals surface area contributed by atoms with Crippen molar-refractivity contribution in [1.29, 1.82) is 0 Å². The number of aliphatic hydroxyl groups excluding tert-OH is 3. The van der Waals surface area contributed by atoms with Gasteiger partial charge >= 0.3 is 11.9 Å². The first-order valence-corrected chi connectivity index (χ1v) is 12.6. The molecule has 3 fully saturated rings. The molecule has 0 aliphatic carbocycles. The van der Waals surface area contributed by atoms with Gasteiger partial charge in [0.2, 0.25) is 6.29 Å². The molecule has 4 heterocycles. The minimum Gasteiger partial charge on any atom is -0.504 e. The standard InChI is InChI=1S/C26H30O14/c1-34-15-8-12(2-4-14(15)28)3-5-18(29)39-22-16(9-27)38-25(21(31)20(22)30)40-24-19(17-11-36-17)26(33)6-7-35-23(32)13(26)10-37-24/h2-5,8,10,16-17,19-22,24-25,27-28,30-31,33H,6-7,9,11H2,1H3. The number of carbonyl (C=O) groups excluding carboxylic acids is 2. The minimum atomic E-state index is -1.76. The minimum absolute atomic E-state index is 0.0295. The van der Waals surface area contributed by atoms with Gasteiger partial charge in [0.1, 0.15) is 29.5 Å². The molecule has 0 aromatic heterocycles. The zero-order valence-corrected chi connectivity index (χ0v) is 21.3. The normalized spacial score (nSPS) is 37.1. The van der Waals surface area contributed by atoms with Gasteiger partial charge < -0.3 is 58.7 Å². The van der Waals surface area contributed by atoms with Crippen LogP contribution in [-0.4, -0.2) is 113 Å². The maximum atomic E-state index is 12.5. The second-order valence-electron chi connectivity index (χ2n) is 9.75. The molecule has 0 saturated carbocycles. The molecule has 5 N–H and O–H groups in total. The number of ether oxygens (including phenoxy) is 7. The second kappa shape index (κ2) is 11.3. The predicted molar refractivity (Wildman–Crippen MR) is 129 cm³/mol. The average molecular weight is 567 g/mol. The van der Waals surface area contributed by atoms with Crippen molar-refractivity contribution < 1.29 is 68.3 Å². The SMILES string of the molecule is COc1cc(C=CC(=O)OC2C(CO)OC(OC3OC=C4C(=O)OCCC4(O)C3C3CO3)C(O)C2O)ccc1O. The van der Waals surface area contributed by atoms with Crippen molar-refractivity contribution in [3.8, 4) is 11.5 Å². The van der Waals surface area contributed by atoms with E-state index in [-0.39, 0.29) is 36.7 Å². The lowest BCUT2D eigenvalue weighted by Gasteiger charge is -2.47. The number of hydrogen-bond acceptors (Lipinski definition) is 14. The number of cyclic esters (lactones) is 1. The van der Waals surface area contributed by atoms with E-state index in [9.17, 15) is 35.1 Å². The van der Waals surface area contributed by atoms with E-state index in [1.807, 2.05) is 0 Å². The Morgan fingerprint density at radius 1 is 1.23 bits per heavy atom. The topological polar surface area (TPSA) is 203 Å². The third-order valence-electron chi connectivity index (χ3n) is 7.28. The smallest absolute Gasteiger partial charge is 0.340 e. The summed E-state index contributed by atoms with van der Waals surface area (Å²) < 4.78 is 37.7. The van der Waals surface area contributed by atoms with Crippen molar-refractivity contribution >= 4 is 18.0 Å². The highest BCUT2D eigenvalue weighted by molar-refractivity contribution is 5.91. The summed E-state index contributed by atoms with van der Waals surface area (Å²) in [7, 11) is 1.38. The summed E-state index contributed by atoms with van der Waals surface area (Å²) in [4.78, 5) is 24.7. The molecule has 4 aliphatic rings. The first kappa shape index (κ1) is 28.3. The Bertz CT molecular complexity index is 1180. The molecule has 1 aromatic rings. The van der Waals surface area contributed by atoms with Crippen molar-refractivity contribution in [1.82, 2.24) is 0 Å². The van der Waals surface area contributed by atoms with Crippen LogP contribution in [0.3, 0.4) is 0 Å². The number of aromatic hydroxyl groups is 1. The van der Waals surface area contributed by atoms with Gasteiger partial charge in [-0.1, -0.05) is 6.07 Å². The summed E-state index contributed by atoms with van der Waals surface area (Å²) in [6.45, 7) is -0.462. The zero-order valence-electron chi connectivity index (χ0n) is 21.3. The largest absolute Gasteiger partial charge is 0.504 e. The van der Waals surface area contributed by atoms with E-state index in [1.165, 1.54) is 31.4 Å². The third kappa shape index (κ3) is 5.39. The molecule has 14 nitrogen and oxygen atoms in total. The van der Waals surface area contributed by atoms with Gasteiger partial charge in [0.05, 0.1) is 45.2 Å². The Morgan fingerprint density at radius 2 is 2.00 bits per heavy atom. The molecule has 0 amide bonds. The van der Waals surface area contributed by atoms with Crippen molar-refractivity contribution in [3.05, 3.63) is 41.7 Å². The van der Waals surface area contributed by atoms with Crippen LogP contribution in [0, 0.1) is 5.92 Å². The highest BCUT2D eigenvalue weighted by atomic mass is 16.8.